The van der Waals surface area contributed by atoms with Gasteiger partial charge >= 0.3 is 0 Å². The second kappa shape index (κ2) is 5.68. The van der Waals surface area contributed by atoms with E-state index in [9.17, 15) is 0 Å². The van der Waals surface area contributed by atoms with Crippen molar-refractivity contribution in [2.75, 3.05) is 39.4 Å². The Labute approximate surface area is 105 Å². The lowest BCUT2D eigenvalue weighted by atomic mass is 10.1. The maximum atomic E-state index is 5.69. The average Bonchev–Trinajstić information content (AvgIpc) is 3.22. The third-order valence-electron chi connectivity index (χ3n) is 4.29. The van der Waals surface area contributed by atoms with Gasteiger partial charge in [0, 0.05) is 45.4 Å². The molecule has 0 radical (unpaired) electrons. The minimum atomic E-state index is 0.788. The van der Waals surface area contributed by atoms with Crippen molar-refractivity contribution < 1.29 is 4.74 Å². The van der Waals surface area contributed by atoms with Crippen LogP contribution in [0.25, 0.3) is 0 Å². The predicted molar refractivity (Wildman–Crippen MR) is 69.1 cm³/mol. The smallest absolute Gasteiger partial charge is 0.0494 e. The van der Waals surface area contributed by atoms with Crippen LogP contribution in [0.2, 0.25) is 0 Å². The Kier molecular flexibility index (Phi) is 3.99. The molecule has 2 aliphatic carbocycles. The summed E-state index contributed by atoms with van der Waals surface area (Å²) in [4.78, 5) is 2.62. The topological polar surface area (TPSA) is 24.5 Å². The van der Waals surface area contributed by atoms with Crippen LogP contribution < -0.4 is 5.32 Å². The van der Waals surface area contributed by atoms with Crippen molar-refractivity contribution in [1.82, 2.24) is 10.2 Å². The third-order valence-corrected chi connectivity index (χ3v) is 4.29. The molecule has 2 saturated carbocycles. The van der Waals surface area contributed by atoms with Crippen molar-refractivity contribution in [3.8, 4) is 0 Å². The van der Waals surface area contributed by atoms with Gasteiger partial charge in [-0.1, -0.05) is 0 Å². The highest BCUT2D eigenvalue weighted by atomic mass is 16.5. The van der Waals surface area contributed by atoms with Crippen LogP contribution in [0.15, 0.2) is 0 Å². The molecule has 3 aliphatic rings. The first-order valence-corrected chi connectivity index (χ1v) is 7.45. The zero-order valence-corrected chi connectivity index (χ0v) is 10.9. The first-order valence-electron chi connectivity index (χ1n) is 7.45. The van der Waals surface area contributed by atoms with E-state index >= 15 is 0 Å². The lowest BCUT2D eigenvalue weighted by Crippen LogP contribution is -2.51. The molecule has 0 spiro atoms. The highest BCUT2D eigenvalue weighted by molar-refractivity contribution is 4.91. The van der Waals surface area contributed by atoms with Crippen LogP contribution in [0, 0.1) is 11.8 Å². The van der Waals surface area contributed by atoms with Crippen molar-refractivity contribution in [3.05, 3.63) is 0 Å². The molecule has 0 amide bonds. The van der Waals surface area contributed by atoms with Gasteiger partial charge in [0.25, 0.3) is 0 Å². The Bertz CT molecular complexity index is 238. The van der Waals surface area contributed by atoms with Crippen LogP contribution >= 0.6 is 0 Å². The molecule has 0 aromatic heterocycles. The normalized spacial score (nSPS) is 30.7. The molecule has 0 bridgehead atoms. The molecule has 1 heterocycles. The van der Waals surface area contributed by atoms with Crippen LogP contribution in [-0.4, -0.2) is 50.3 Å². The molecule has 1 N–H and O–H groups in total. The van der Waals surface area contributed by atoms with Crippen molar-refractivity contribution in [1.29, 1.82) is 0 Å². The van der Waals surface area contributed by atoms with E-state index in [1.807, 2.05) is 0 Å². The van der Waals surface area contributed by atoms with Crippen molar-refractivity contribution in [3.63, 3.8) is 0 Å². The fourth-order valence-electron chi connectivity index (χ4n) is 2.78. The van der Waals surface area contributed by atoms with Crippen LogP contribution in [0.5, 0.6) is 0 Å². The molecule has 3 heteroatoms. The van der Waals surface area contributed by atoms with E-state index in [4.69, 9.17) is 4.74 Å². The molecular formula is C14H26N2O. The maximum Gasteiger partial charge on any atom is 0.0494 e. The predicted octanol–water partition coefficient (Wildman–Crippen LogP) is 1.49. The summed E-state index contributed by atoms with van der Waals surface area (Å²) in [6.45, 7) is 6.90. The summed E-state index contributed by atoms with van der Waals surface area (Å²) in [5.41, 5.74) is 0. The quantitative estimate of drug-likeness (QED) is 0.680. The minimum Gasteiger partial charge on any atom is -0.381 e. The zero-order chi connectivity index (χ0) is 11.5. The molecule has 3 fully saturated rings. The summed E-state index contributed by atoms with van der Waals surface area (Å²) in [6, 6.07) is 0.788. The first-order chi connectivity index (χ1) is 8.42. The SMILES string of the molecule is C(COCC1CC1)CN1CCNC(C2CC2)C1. The van der Waals surface area contributed by atoms with E-state index in [1.54, 1.807) is 0 Å². The van der Waals surface area contributed by atoms with Gasteiger partial charge in [-0.15, -0.1) is 0 Å². The highest BCUT2D eigenvalue weighted by Crippen LogP contribution is 2.33. The molecule has 1 atom stereocenters. The standard InChI is InChI=1S/C14H26N2O/c1(9-17-11-12-2-3-12)7-16-8-6-15-14(10-16)13-4-5-13/h12-15H,1-11H2. The van der Waals surface area contributed by atoms with Crippen LogP contribution in [-0.2, 0) is 4.74 Å². The molecule has 0 aromatic rings. The fraction of sp³-hybridized carbons (Fsp3) is 1.00. The lowest BCUT2D eigenvalue weighted by Gasteiger charge is -2.33. The summed E-state index contributed by atoms with van der Waals surface area (Å²) in [5, 5.41) is 3.66. The van der Waals surface area contributed by atoms with Gasteiger partial charge in [-0.2, -0.15) is 0 Å². The Morgan fingerprint density at radius 2 is 2.06 bits per heavy atom. The van der Waals surface area contributed by atoms with Gasteiger partial charge in [0.05, 0.1) is 0 Å². The Morgan fingerprint density at radius 3 is 2.82 bits per heavy atom. The zero-order valence-electron chi connectivity index (χ0n) is 10.9. The average molecular weight is 238 g/mol. The lowest BCUT2D eigenvalue weighted by molar-refractivity contribution is 0.105. The minimum absolute atomic E-state index is 0.788. The van der Waals surface area contributed by atoms with Crippen LogP contribution in [0.1, 0.15) is 32.1 Å². The summed E-state index contributed by atoms with van der Waals surface area (Å²) in [6.07, 6.45) is 6.93. The Hall–Kier alpha value is -0.120. The van der Waals surface area contributed by atoms with Crippen molar-refractivity contribution in [2.24, 2.45) is 11.8 Å². The van der Waals surface area contributed by atoms with Crippen LogP contribution in [0.3, 0.4) is 0 Å². The largest absolute Gasteiger partial charge is 0.381 e. The van der Waals surface area contributed by atoms with Gasteiger partial charge in [-0.25, -0.2) is 0 Å². The van der Waals surface area contributed by atoms with Gasteiger partial charge in [-0.3, -0.25) is 0 Å². The van der Waals surface area contributed by atoms with Crippen LogP contribution in [0.4, 0.5) is 0 Å². The van der Waals surface area contributed by atoms with Gasteiger partial charge < -0.3 is 15.0 Å². The summed E-state index contributed by atoms with van der Waals surface area (Å²) in [5.74, 6) is 1.90. The van der Waals surface area contributed by atoms with Crippen molar-refractivity contribution in [2.45, 2.75) is 38.1 Å². The number of piperazine rings is 1. The van der Waals surface area contributed by atoms with E-state index in [2.05, 4.69) is 10.2 Å². The third kappa shape index (κ3) is 3.94. The molecule has 98 valence electrons. The van der Waals surface area contributed by atoms with Crippen molar-refractivity contribution >= 4 is 0 Å². The Balaban J connectivity index is 1.25. The molecule has 3 nitrogen and oxygen atoms in total. The van der Waals surface area contributed by atoms with Gasteiger partial charge in [0.15, 0.2) is 0 Å². The number of nitrogens with one attached hydrogen (secondary N) is 1. The molecule has 1 unspecified atom stereocenters. The van der Waals surface area contributed by atoms with E-state index in [0.29, 0.717) is 0 Å². The first kappa shape index (κ1) is 11.9. The fourth-order valence-corrected chi connectivity index (χ4v) is 2.78. The molecule has 1 saturated heterocycles. The van der Waals surface area contributed by atoms with Gasteiger partial charge in [0.1, 0.15) is 0 Å². The molecule has 3 rings (SSSR count). The summed E-state index contributed by atoms with van der Waals surface area (Å²) < 4.78 is 5.69. The maximum absolute atomic E-state index is 5.69. The summed E-state index contributed by atoms with van der Waals surface area (Å²) in [7, 11) is 0. The monoisotopic (exact) mass is 238 g/mol. The number of hydrogen-bond acceptors (Lipinski definition) is 3. The molecule has 0 aromatic carbocycles. The number of ether oxygens (including phenoxy) is 1. The van der Waals surface area contributed by atoms with E-state index in [1.165, 1.54) is 58.3 Å². The number of rotatable bonds is 7. The Morgan fingerprint density at radius 1 is 1.18 bits per heavy atom. The molecular weight excluding hydrogens is 212 g/mol. The van der Waals surface area contributed by atoms with Gasteiger partial charge in [-0.05, 0) is 43.9 Å². The van der Waals surface area contributed by atoms with E-state index in [0.717, 1.165) is 31.1 Å². The highest BCUT2D eigenvalue weighted by Gasteiger charge is 2.33. The number of hydrogen-bond donors (Lipinski definition) is 1. The second-order valence-corrected chi connectivity index (χ2v) is 6.07. The second-order valence-electron chi connectivity index (χ2n) is 6.07. The molecule has 17 heavy (non-hydrogen) atoms. The van der Waals surface area contributed by atoms with E-state index < -0.39 is 0 Å². The van der Waals surface area contributed by atoms with Gasteiger partial charge in [0.2, 0.25) is 0 Å². The van der Waals surface area contributed by atoms with E-state index in [-0.39, 0.29) is 0 Å². The summed E-state index contributed by atoms with van der Waals surface area (Å²) >= 11 is 0. The molecule has 1 aliphatic heterocycles. The number of nitrogens with zero attached hydrogens (tertiary/aromatic N) is 1.